The Bertz CT molecular complexity index is 277. The van der Waals surface area contributed by atoms with Gasteiger partial charge in [0.2, 0.25) is 11.8 Å². The molecule has 0 aromatic rings. The highest BCUT2D eigenvalue weighted by Gasteiger charge is 2.17. The van der Waals surface area contributed by atoms with Crippen LogP contribution in [-0.2, 0) is 14.4 Å². The number of carbonyl (C=O) groups excluding carboxylic acids is 3. The minimum Gasteiger partial charge on any atom is -0.355 e. The van der Waals surface area contributed by atoms with Crippen LogP contribution in [0, 0.1) is 0 Å². The number of carbonyl (C=O) groups is 3. The number of amides is 2. The highest BCUT2D eigenvalue weighted by molar-refractivity contribution is 5.98. The average Bonchev–Trinajstić information content (AvgIpc) is 2.24. The van der Waals surface area contributed by atoms with Crippen molar-refractivity contribution in [2.24, 2.45) is 0 Å². The van der Waals surface area contributed by atoms with E-state index in [1.165, 1.54) is 11.8 Å². The van der Waals surface area contributed by atoms with Crippen LogP contribution in [0.2, 0.25) is 0 Å². The number of Topliss-reactive ketones (excluding diaryl/α,β-unsaturated/α-hetero) is 1. The molecule has 2 amide bonds. The summed E-state index contributed by atoms with van der Waals surface area (Å²) in [6.45, 7) is 6.42. The smallest absolute Gasteiger partial charge is 0.239 e. The number of ketones is 1. The third-order valence-corrected chi connectivity index (χ3v) is 2.15. The zero-order valence-corrected chi connectivity index (χ0v) is 10.9. The van der Waals surface area contributed by atoms with Crippen LogP contribution < -0.4 is 5.32 Å². The van der Waals surface area contributed by atoms with Crippen molar-refractivity contribution in [3.63, 3.8) is 0 Å². The zero-order valence-electron chi connectivity index (χ0n) is 10.9. The van der Waals surface area contributed by atoms with Crippen molar-refractivity contribution >= 4 is 17.6 Å². The molecular weight excluding hydrogens is 220 g/mol. The van der Waals surface area contributed by atoms with Crippen molar-refractivity contribution in [1.29, 1.82) is 0 Å². The summed E-state index contributed by atoms with van der Waals surface area (Å²) in [6, 6.07) is 0. The lowest BCUT2D eigenvalue weighted by Gasteiger charge is -2.21. The molecule has 5 nitrogen and oxygen atoms in total. The predicted octanol–water partition coefficient (Wildman–Crippen LogP) is 0.730. The Morgan fingerprint density at radius 3 is 2.24 bits per heavy atom. The van der Waals surface area contributed by atoms with Crippen molar-refractivity contribution in [2.45, 2.75) is 40.0 Å². The molecule has 98 valence electrons. The van der Waals surface area contributed by atoms with E-state index >= 15 is 0 Å². The minimum absolute atomic E-state index is 0.0416. The van der Waals surface area contributed by atoms with E-state index in [-0.39, 0.29) is 30.6 Å². The summed E-state index contributed by atoms with van der Waals surface area (Å²) in [7, 11) is 0. The van der Waals surface area contributed by atoms with Crippen molar-refractivity contribution in [2.75, 3.05) is 19.6 Å². The van der Waals surface area contributed by atoms with E-state index in [0.717, 1.165) is 12.8 Å². The van der Waals surface area contributed by atoms with Crippen LogP contribution in [0.25, 0.3) is 0 Å². The third-order valence-electron chi connectivity index (χ3n) is 2.15. The van der Waals surface area contributed by atoms with E-state index in [9.17, 15) is 14.4 Å². The Labute approximate surface area is 103 Å². The van der Waals surface area contributed by atoms with Crippen molar-refractivity contribution in [3.05, 3.63) is 0 Å². The van der Waals surface area contributed by atoms with E-state index in [1.54, 1.807) is 0 Å². The monoisotopic (exact) mass is 242 g/mol. The SMILES string of the molecule is CCCNC(=O)CN(CCC)C(=O)CC(C)=O. The molecule has 17 heavy (non-hydrogen) atoms. The molecule has 0 bridgehead atoms. The fourth-order valence-corrected chi connectivity index (χ4v) is 1.38. The third kappa shape index (κ3) is 7.49. The van der Waals surface area contributed by atoms with Crippen LogP contribution >= 0.6 is 0 Å². The number of nitrogens with zero attached hydrogens (tertiary/aromatic N) is 1. The van der Waals surface area contributed by atoms with E-state index in [4.69, 9.17) is 0 Å². The summed E-state index contributed by atoms with van der Waals surface area (Å²) >= 11 is 0. The van der Waals surface area contributed by atoms with Gasteiger partial charge >= 0.3 is 0 Å². The Morgan fingerprint density at radius 2 is 1.76 bits per heavy atom. The molecule has 0 saturated heterocycles. The normalized spacial score (nSPS) is 9.82. The molecule has 0 unspecified atom stereocenters. The first-order valence-electron chi connectivity index (χ1n) is 6.05. The van der Waals surface area contributed by atoms with Gasteiger partial charge in [-0.2, -0.15) is 0 Å². The lowest BCUT2D eigenvalue weighted by Crippen LogP contribution is -2.41. The van der Waals surface area contributed by atoms with E-state index in [0.29, 0.717) is 13.1 Å². The van der Waals surface area contributed by atoms with Crippen LogP contribution in [0.15, 0.2) is 0 Å². The molecule has 0 heterocycles. The second-order valence-corrected chi connectivity index (χ2v) is 4.04. The van der Waals surface area contributed by atoms with Crippen molar-refractivity contribution in [3.8, 4) is 0 Å². The van der Waals surface area contributed by atoms with Crippen molar-refractivity contribution < 1.29 is 14.4 Å². The molecule has 0 radical (unpaired) electrons. The highest BCUT2D eigenvalue weighted by atomic mass is 16.2. The van der Waals surface area contributed by atoms with Gasteiger partial charge in [0.05, 0.1) is 13.0 Å². The zero-order chi connectivity index (χ0) is 13.3. The molecule has 0 aromatic heterocycles. The molecule has 0 atom stereocenters. The fraction of sp³-hybridized carbons (Fsp3) is 0.750. The van der Waals surface area contributed by atoms with Gasteiger partial charge in [-0.1, -0.05) is 13.8 Å². The van der Waals surface area contributed by atoms with Gasteiger partial charge in [-0.05, 0) is 19.8 Å². The number of nitrogens with one attached hydrogen (secondary N) is 1. The van der Waals surface area contributed by atoms with Gasteiger partial charge in [0.25, 0.3) is 0 Å². The second-order valence-electron chi connectivity index (χ2n) is 4.04. The Hall–Kier alpha value is -1.39. The van der Waals surface area contributed by atoms with Crippen LogP contribution in [0.4, 0.5) is 0 Å². The van der Waals surface area contributed by atoms with Crippen LogP contribution in [-0.4, -0.2) is 42.1 Å². The van der Waals surface area contributed by atoms with Gasteiger partial charge in [-0.25, -0.2) is 0 Å². The summed E-state index contributed by atoms with van der Waals surface area (Å²) in [5.41, 5.74) is 0. The Morgan fingerprint density at radius 1 is 1.12 bits per heavy atom. The first kappa shape index (κ1) is 15.6. The number of rotatable bonds is 8. The molecule has 0 aliphatic heterocycles. The maximum absolute atomic E-state index is 11.7. The molecule has 0 rings (SSSR count). The Balaban J connectivity index is 4.26. The standard InChI is InChI=1S/C12H22N2O3/c1-4-6-13-11(16)9-14(7-5-2)12(17)8-10(3)15/h4-9H2,1-3H3,(H,13,16). The predicted molar refractivity (Wildman–Crippen MR) is 65.5 cm³/mol. The molecule has 5 heteroatoms. The Kier molecular flexibility index (Phi) is 8.01. The first-order chi connectivity index (χ1) is 8.01. The van der Waals surface area contributed by atoms with E-state index in [1.807, 2.05) is 13.8 Å². The van der Waals surface area contributed by atoms with Gasteiger partial charge in [0.1, 0.15) is 5.78 Å². The molecule has 1 N–H and O–H groups in total. The second kappa shape index (κ2) is 8.73. The maximum Gasteiger partial charge on any atom is 0.239 e. The summed E-state index contributed by atoms with van der Waals surface area (Å²) in [5.74, 6) is -0.617. The fourth-order valence-electron chi connectivity index (χ4n) is 1.38. The topological polar surface area (TPSA) is 66.5 Å². The molecule has 0 spiro atoms. The largest absolute Gasteiger partial charge is 0.355 e. The lowest BCUT2D eigenvalue weighted by atomic mass is 10.2. The van der Waals surface area contributed by atoms with Gasteiger partial charge in [-0.15, -0.1) is 0 Å². The summed E-state index contributed by atoms with van der Waals surface area (Å²) in [5, 5.41) is 2.71. The summed E-state index contributed by atoms with van der Waals surface area (Å²) in [6.07, 6.45) is 1.51. The molecular formula is C12H22N2O3. The molecule has 0 aromatic carbocycles. The molecule has 0 fully saturated rings. The van der Waals surface area contributed by atoms with Gasteiger partial charge < -0.3 is 10.2 Å². The highest BCUT2D eigenvalue weighted by Crippen LogP contribution is 1.97. The number of hydrogen-bond donors (Lipinski definition) is 1. The lowest BCUT2D eigenvalue weighted by molar-refractivity contribution is -0.138. The van der Waals surface area contributed by atoms with Gasteiger partial charge in [0.15, 0.2) is 0 Å². The quantitative estimate of drug-likeness (QED) is 0.638. The summed E-state index contributed by atoms with van der Waals surface area (Å²) in [4.78, 5) is 35.5. The van der Waals surface area contributed by atoms with E-state index < -0.39 is 0 Å². The van der Waals surface area contributed by atoms with Gasteiger partial charge in [0, 0.05) is 13.1 Å². The summed E-state index contributed by atoms with van der Waals surface area (Å²) < 4.78 is 0. The maximum atomic E-state index is 11.7. The molecule has 0 aliphatic carbocycles. The average molecular weight is 242 g/mol. The van der Waals surface area contributed by atoms with Crippen LogP contribution in [0.3, 0.4) is 0 Å². The number of hydrogen-bond acceptors (Lipinski definition) is 3. The molecule has 0 saturated carbocycles. The van der Waals surface area contributed by atoms with Crippen molar-refractivity contribution in [1.82, 2.24) is 10.2 Å². The van der Waals surface area contributed by atoms with Crippen LogP contribution in [0.5, 0.6) is 0 Å². The van der Waals surface area contributed by atoms with Gasteiger partial charge in [-0.3, -0.25) is 14.4 Å². The molecule has 0 aliphatic rings. The first-order valence-corrected chi connectivity index (χ1v) is 6.05. The van der Waals surface area contributed by atoms with E-state index in [2.05, 4.69) is 5.32 Å². The van der Waals surface area contributed by atoms with Crippen LogP contribution in [0.1, 0.15) is 40.0 Å². The minimum atomic E-state index is -0.272.